The maximum absolute atomic E-state index is 12.4. The lowest BCUT2D eigenvalue weighted by atomic mass is 10.00. The highest BCUT2D eigenvalue weighted by molar-refractivity contribution is 6.15. The molecule has 0 saturated carbocycles. The van der Waals surface area contributed by atoms with Gasteiger partial charge in [-0.3, -0.25) is 9.59 Å². The van der Waals surface area contributed by atoms with E-state index in [1.807, 2.05) is 6.07 Å². The molecule has 0 bridgehead atoms. The normalized spacial score (nSPS) is 10.6. The second kappa shape index (κ2) is 5.85. The van der Waals surface area contributed by atoms with Crippen LogP contribution in [0.15, 0.2) is 59.2 Å². The van der Waals surface area contributed by atoms with Crippen molar-refractivity contribution in [1.29, 1.82) is 0 Å². The molecule has 0 aliphatic rings. The number of ketones is 2. The van der Waals surface area contributed by atoms with Gasteiger partial charge in [0.1, 0.15) is 11.3 Å². The van der Waals surface area contributed by atoms with Crippen LogP contribution in [-0.4, -0.2) is 18.7 Å². The molecule has 2 aromatic carbocycles. The molecule has 0 spiro atoms. The molecule has 3 aromatic rings. The Kier molecular flexibility index (Phi) is 3.74. The number of ether oxygens (including phenoxy) is 1. The highest BCUT2D eigenvalue weighted by Gasteiger charge is 2.19. The molecule has 4 nitrogen and oxygen atoms in total. The summed E-state index contributed by atoms with van der Waals surface area (Å²) in [7, 11) is 1.50. The van der Waals surface area contributed by atoms with Crippen LogP contribution in [0.2, 0.25) is 0 Å². The Hall–Kier alpha value is -2.88. The van der Waals surface area contributed by atoms with E-state index in [1.165, 1.54) is 13.4 Å². The lowest BCUT2D eigenvalue weighted by molar-refractivity contribution is 0.0893. The molecule has 1 aromatic heterocycles. The zero-order chi connectivity index (χ0) is 15.5. The van der Waals surface area contributed by atoms with Crippen molar-refractivity contribution in [3.05, 3.63) is 65.9 Å². The van der Waals surface area contributed by atoms with Crippen molar-refractivity contribution in [3.63, 3.8) is 0 Å². The van der Waals surface area contributed by atoms with Crippen molar-refractivity contribution in [3.8, 4) is 5.75 Å². The molecule has 0 saturated heterocycles. The first-order chi connectivity index (χ1) is 10.7. The Bertz CT molecular complexity index is 831. The van der Waals surface area contributed by atoms with E-state index >= 15 is 0 Å². The molecule has 0 fully saturated rings. The molecule has 22 heavy (non-hydrogen) atoms. The molecule has 0 N–H and O–H groups in total. The van der Waals surface area contributed by atoms with E-state index in [4.69, 9.17) is 9.15 Å². The number of rotatable bonds is 5. The molecule has 3 rings (SSSR count). The van der Waals surface area contributed by atoms with E-state index in [-0.39, 0.29) is 18.0 Å². The van der Waals surface area contributed by atoms with Crippen LogP contribution in [0.5, 0.6) is 5.75 Å². The van der Waals surface area contributed by atoms with Gasteiger partial charge in [0.2, 0.25) is 0 Å². The number of methoxy groups -OCH3 is 1. The fourth-order valence-electron chi connectivity index (χ4n) is 2.42. The lowest BCUT2D eigenvalue weighted by Gasteiger charge is -2.08. The summed E-state index contributed by atoms with van der Waals surface area (Å²) in [5.74, 6) is -0.0362. The van der Waals surface area contributed by atoms with E-state index in [0.29, 0.717) is 22.5 Å². The number of carbonyl (C=O) groups excluding carboxylic acids is 2. The fourth-order valence-corrected chi connectivity index (χ4v) is 2.42. The van der Waals surface area contributed by atoms with Gasteiger partial charge < -0.3 is 9.15 Å². The Balaban J connectivity index is 1.91. The van der Waals surface area contributed by atoms with Crippen LogP contribution in [0.25, 0.3) is 11.0 Å². The molecule has 0 amide bonds. The van der Waals surface area contributed by atoms with E-state index in [0.717, 1.165) is 5.39 Å². The average Bonchev–Trinajstić information content (AvgIpc) is 3.03. The zero-order valence-corrected chi connectivity index (χ0v) is 12.0. The third kappa shape index (κ3) is 2.51. The molecule has 0 atom stereocenters. The largest absolute Gasteiger partial charge is 0.495 e. The average molecular weight is 294 g/mol. The van der Waals surface area contributed by atoms with Gasteiger partial charge in [0, 0.05) is 5.56 Å². The summed E-state index contributed by atoms with van der Waals surface area (Å²) in [6, 6.07) is 13.9. The number of hydrogen-bond acceptors (Lipinski definition) is 4. The molecule has 0 radical (unpaired) electrons. The Morgan fingerprint density at radius 2 is 1.77 bits per heavy atom. The van der Waals surface area contributed by atoms with Gasteiger partial charge >= 0.3 is 0 Å². The first-order valence-electron chi connectivity index (χ1n) is 6.86. The Morgan fingerprint density at radius 1 is 1.00 bits per heavy atom. The maximum atomic E-state index is 12.4. The highest BCUT2D eigenvalue weighted by atomic mass is 16.5. The summed E-state index contributed by atoms with van der Waals surface area (Å²) < 4.78 is 10.6. The number of hydrogen-bond donors (Lipinski definition) is 0. The Labute approximate surface area is 127 Å². The van der Waals surface area contributed by atoms with Gasteiger partial charge in [0.15, 0.2) is 11.6 Å². The summed E-state index contributed by atoms with van der Waals surface area (Å²) in [4.78, 5) is 24.6. The van der Waals surface area contributed by atoms with Crippen LogP contribution in [0.4, 0.5) is 0 Å². The van der Waals surface area contributed by atoms with Crippen molar-refractivity contribution in [2.24, 2.45) is 0 Å². The molecular weight excluding hydrogens is 280 g/mol. The third-order valence-corrected chi connectivity index (χ3v) is 3.51. The predicted molar refractivity (Wildman–Crippen MR) is 82.5 cm³/mol. The van der Waals surface area contributed by atoms with E-state index in [9.17, 15) is 9.59 Å². The van der Waals surface area contributed by atoms with Crippen molar-refractivity contribution < 1.29 is 18.7 Å². The van der Waals surface area contributed by atoms with Gasteiger partial charge in [-0.15, -0.1) is 0 Å². The summed E-state index contributed by atoms with van der Waals surface area (Å²) in [6.45, 7) is 0. The first-order valence-corrected chi connectivity index (χ1v) is 6.86. The van der Waals surface area contributed by atoms with E-state index < -0.39 is 0 Å². The van der Waals surface area contributed by atoms with Crippen LogP contribution in [0.1, 0.15) is 27.1 Å². The quantitative estimate of drug-likeness (QED) is 0.529. The minimum absolute atomic E-state index is 0.191. The smallest absolute Gasteiger partial charge is 0.174 e. The molecule has 1 heterocycles. The second-order valence-electron chi connectivity index (χ2n) is 4.87. The van der Waals surface area contributed by atoms with E-state index in [1.54, 1.807) is 42.5 Å². The van der Waals surface area contributed by atoms with Crippen LogP contribution >= 0.6 is 0 Å². The van der Waals surface area contributed by atoms with Crippen LogP contribution < -0.4 is 4.74 Å². The van der Waals surface area contributed by atoms with Crippen molar-refractivity contribution >= 4 is 22.5 Å². The van der Waals surface area contributed by atoms with Gasteiger partial charge in [0.25, 0.3) is 0 Å². The fraction of sp³-hybridized carbons (Fsp3) is 0.111. The topological polar surface area (TPSA) is 56.5 Å². The summed E-state index contributed by atoms with van der Waals surface area (Å²) in [6.07, 6.45) is 1.35. The summed E-state index contributed by atoms with van der Waals surface area (Å²) in [5.41, 5.74) is 1.56. The first kappa shape index (κ1) is 14.1. The molecule has 0 aliphatic heterocycles. The maximum Gasteiger partial charge on any atom is 0.174 e. The SMILES string of the molecule is COc1c(C(=O)CC(=O)c2ccccc2)ccc2occc12. The number of Topliss-reactive ketones (excluding diaryl/α,β-unsaturated/α-hetero) is 2. The summed E-state index contributed by atoms with van der Waals surface area (Å²) in [5, 5.41) is 0.723. The lowest BCUT2D eigenvalue weighted by Crippen LogP contribution is -2.09. The van der Waals surface area contributed by atoms with Crippen molar-refractivity contribution in [2.75, 3.05) is 7.11 Å². The van der Waals surface area contributed by atoms with Gasteiger partial charge in [-0.25, -0.2) is 0 Å². The molecule has 110 valence electrons. The highest BCUT2D eigenvalue weighted by Crippen LogP contribution is 2.31. The number of furan rings is 1. The van der Waals surface area contributed by atoms with Crippen molar-refractivity contribution in [1.82, 2.24) is 0 Å². The van der Waals surface area contributed by atoms with Crippen LogP contribution in [0.3, 0.4) is 0 Å². The minimum atomic E-state index is -0.270. The Morgan fingerprint density at radius 3 is 2.50 bits per heavy atom. The monoisotopic (exact) mass is 294 g/mol. The molecule has 0 aliphatic carbocycles. The number of fused-ring (bicyclic) bond motifs is 1. The molecule has 4 heteroatoms. The standard InChI is InChI=1S/C18H14O4/c1-21-18-13(7-8-17-14(18)9-10-22-17)16(20)11-15(19)12-5-3-2-4-6-12/h2-10H,11H2,1H3. The predicted octanol–water partition coefficient (Wildman–Crippen LogP) is 3.90. The second-order valence-corrected chi connectivity index (χ2v) is 4.87. The number of benzene rings is 2. The van der Waals surface area contributed by atoms with Gasteiger partial charge in [-0.1, -0.05) is 30.3 Å². The number of carbonyl (C=O) groups is 2. The molecular formula is C18H14O4. The minimum Gasteiger partial charge on any atom is -0.495 e. The zero-order valence-electron chi connectivity index (χ0n) is 12.0. The van der Waals surface area contributed by atoms with Crippen LogP contribution in [0, 0.1) is 0 Å². The van der Waals surface area contributed by atoms with E-state index in [2.05, 4.69) is 0 Å². The van der Waals surface area contributed by atoms with Gasteiger partial charge in [-0.05, 0) is 18.2 Å². The van der Waals surface area contributed by atoms with Gasteiger partial charge in [-0.2, -0.15) is 0 Å². The summed E-state index contributed by atoms with van der Waals surface area (Å²) >= 11 is 0. The van der Waals surface area contributed by atoms with Crippen LogP contribution in [-0.2, 0) is 0 Å². The third-order valence-electron chi connectivity index (χ3n) is 3.51. The molecule has 0 unspecified atom stereocenters. The van der Waals surface area contributed by atoms with Gasteiger partial charge in [0.05, 0.1) is 30.7 Å². The van der Waals surface area contributed by atoms with Crippen molar-refractivity contribution in [2.45, 2.75) is 6.42 Å².